The first-order chi connectivity index (χ1) is 12.2. The summed E-state index contributed by atoms with van der Waals surface area (Å²) < 4.78 is 0. The van der Waals surface area contributed by atoms with Gasteiger partial charge in [-0.05, 0) is 38.1 Å². The number of aromatic nitrogens is 2. The number of anilines is 1. The molecule has 2 amide bonds. The summed E-state index contributed by atoms with van der Waals surface area (Å²) in [6.45, 7) is 3.60. The lowest BCUT2D eigenvalue weighted by atomic mass is 10.1. The number of hydrogen-bond donors (Lipinski definition) is 2. The highest BCUT2D eigenvalue weighted by atomic mass is 32.1. The van der Waals surface area contributed by atoms with Crippen LogP contribution in [0, 0.1) is 0 Å². The number of carbonyl (C=O) groups is 2. The van der Waals surface area contributed by atoms with Crippen LogP contribution in [0.15, 0.2) is 30.3 Å². The molecule has 8 heteroatoms. The summed E-state index contributed by atoms with van der Waals surface area (Å²) in [4.78, 5) is 26.6. The number of carbonyl (C=O) groups excluding carboxylic acids is 2. The van der Waals surface area contributed by atoms with Crippen LogP contribution in [0.1, 0.15) is 38.9 Å². The molecule has 2 N–H and O–H groups in total. The molecule has 25 heavy (non-hydrogen) atoms. The van der Waals surface area contributed by atoms with Crippen molar-refractivity contribution >= 4 is 28.8 Å². The number of hydrogen-bond acceptors (Lipinski definition) is 6. The Kier molecular flexibility index (Phi) is 6.08. The third kappa shape index (κ3) is 5.07. The number of nitrogens with zero attached hydrogens (tertiary/aromatic N) is 3. The molecule has 0 aliphatic carbocycles. The minimum absolute atomic E-state index is 0.171. The SMILES string of the molecule is O=C(NCCN1CCCCC1)c1nnc(C(=O)Nc2ccccc2)s1. The molecule has 0 unspecified atom stereocenters. The summed E-state index contributed by atoms with van der Waals surface area (Å²) in [7, 11) is 0. The van der Waals surface area contributed by atoms with Gasteiger partial charge in [-0.15, -0.1) is 10.2 Å². The number of piperidine rings is 1. The molecule has 1 aromatic carbocycles. The van der Waals surface area contributed by atoms with E-state index in [4.69, 9.17) is 0 Å². The van der Waals surface area contributed by atoms with Crippen molar-refractivity contribution < 1.29 is 9.59 Å². The minimum Gasteiger partial charge on any atom is -0.349 e. The molecule has 0 saturated carbocycles. The highest BCUT2D eigenvalue weighted by Crippen LogP contribution is 2.13. The number of benzene rings is 1. The number of rotatable bonds is 6. The van der Waals surface area contributed by atoms with Crippen molar-refractivity contribution in [2.24, 2.45) is 0 Å². The molecule has 0 radical (unpaired) electrons. The maximum Gasteiger partial charge on any atom is 0.286 e. The maximum atomic E-state index is 12.1. The molecule has 1 aromatic heterocycles. The van der Waals surface area contributed by atoms with E-state index in [0.717, 1.165) is 31.0 Å². The van der Waals surface area contributed by atoms with Gasteiger partial charge >= 0.3 is 0 Å². The van der Waals surface area contributed by atoms with Gasteiger partial charge in [-0.25, -0.2) is 0 Å². The lowest BCUT2D eigenvalue weighted by Gasteiger charge is -2.26. The second-order valence-corrected chi connectivity index (χ2v) is 6.87. The Hall–Kier alpha value is -2.32. The summed E-state index contributed by atoms with van der Waals surface area (Å²) in [6.07, 6.45) is 3.75. The van der Waals surface area contributed by atoms with Crippen LogP contribution in [0.25, 0.3) is 0 Å². The van der Waals surface area contributed by atoms with Crippen molar-refractivity contribution in [2.45, 2.75) is 19.3 Å². The summed E-state index contributed by atoms with van der Waals surface area (Å²) in [5.74, 6) is -0.649. The van der Waals surface area contributed by atoms with Crippen molar-refractivity contribution in [3.63, 3.8) is 0 Å². The number of amides is 2. The van der Waals surface area contributed by atoms with Gasteiger partial charge in [0.15, 0.2) is 0 Å². The Labute approximate surface area is 150 Å². The third-order valence-corrected chi connectivity index (χ3v) is 4.93. The van der Waals surface area contributed by atoms with Gasteiger partial charge < -0.3 is 15.5 Å². The molecule has 2 aromatic rings. The van der Waals surface area contributed by atoms with Crippen molar-refractivity contribution in [1.82, 2.24) is 20.4 Å². The van der Waals surface area contributed by atoms with E-state index in [0.29, 0.717) is 12.2 Å². The second kappa shape index (κ2) is 8.68. The quantitative estimate of drug-likeness (QED) is 0.824. The first-order valence-electron chi connectivity index (χ1n) is 8.43. The Morgan fingerprint density at radius 1 is 1.00 bits per heavy atom. The average molecular weight is 359 g/mol. The number of likely N-dealkylation sites (tertiary alicyclic amines) is 1. The van der Waals surface area contributed by atoms with Crippen molar-refractivity contribution in [2.75, 3.05) is 31.5 Å². The molecular formula is C17H21N5O2S. The van der Waals surface area contributed by atoms with Gasteiger partial charge in [0.2, 0.25) is 10.0 Å². The van der Waals surface area contributed by atoms with Gasteiger partial charge in [0.05, 0.1) is 0 Å². The van der Waals surface area contributed by atoms with E-state index in [1.165, 1.54) is 19.3 Å². The predicted octanol–water partition coefficient (Wildman–Crippen LogP) is 2.01. The zero-order chi connectivity index (χ0) is 17.5. The molecular weight excluding hydrogens is 338 g/mol. The highest BCUT2D eigenvalue weighted by molar-refractivity contribution is 7.15. The minimum atomic E-state index is -0.365. The Bertz CT molecular complexity index is 713. The summed E-state index contributed by atoms with van der Waals surface area (Å²) in [5, 5.41) is 13.6. The van der Waals surface area contributed by atoms with Crippen LogP contribution >= 0.6 is 11.3 Å². The maximum absolute atomic E-state index is 12.1. The first kappa shape index (κ1) is 17.5. The molecule has 1 aliphatic rings. The van der Waals surface area contributed by atoms with Crippen molar-refractivity contribution in [1.29, 1.82) is 0 Å². The average Bonchev–Trinajstić information content (AvgIpc) is 3.14. The predicted molar refractivity (Wildman–Crippen MR) is 96.9 cm³/mol. The number of nitrogens with one attached hydrogen (secondary N) is 2. The molecule has 1 aliphatic heterocycles. The summed E-state index contributed by atoms with van der Waals surface area (Å²) in [5.41, 5.74) is 0.676. The van der Waals surface area contributed by atoms with Crippen molar-refractivity contribution in [3.05, 3.63) is 40.3 Å². The molecule has 7 nitrogen and oxygen atoms in total. The topological polar surface area (TPSA) is 87.2 Å². The van der Waals surface area contributed by atoms with Crippen LogP contribution in [0.2, 0.25) is 0 Å². The van der Waals surface area contributed by atoms with Gasteiger partial charge in [0.25, 0.3) is 11.8 Å². The first-order valence-corrected chi connectivity index (χ1v) is 9.24. The van der Waals surface area contributed by atoms with E-state index in [1.54, 1.807) is 12.1 Å². The standard InChI is InChI=1S/C17H21N5O2S/c23-14(18-9-12-22-10-5-2-6-11-22)16-20-21-17(25-16)15(24)19-13-7-3-1-4-8-13/h1,3-4,7-8H,2,5-6,9-12H2,(H,18,23)(H,19,24). The largest absolute Gasteiger partial charge is 0.349 e. The summed E-state index contributed by atoms with van der Waals surface area (Å²) >= 11 is 0.994. The lowest BCUT2D eigenvalue weighted by Crippen LogP contribution is -2.37. The van der Waals surface area contributed by atoms with E-state index < -0.39 is 0 Å². The van der Waals surface area contributed by atoms with E-state index >= 15 is 0 Å². The van der Waals surface area contributed by atoms with Gasteiger partial charge in [-0.1, -0.05) is 36.0 Å². The zero-order valence-electron chi connectivity index (χ0n) is 13.9. The van der Waals surface area contributed by atoms with E-state index in [-0.39, 0.29) is 21.8 Å². The molecule has 1 saturated heterocycles. The number of para-hydroxylation sites is 1. The van der Waals surface area contributed by atoms with Gasteiger partial charge in [-0.2, -0.15) is 0 Å². The Morgan fingerprint density at radius 3 is 2.40 bits per heavy atom. The van der Waals surface area contributed by atoms with Crippen LogP contribution in [0.5, 0.6) is 0 Å². The Morgan fingerprint density at radius 2 is 1.68 bits per heavy atom. The van der Waals surface area contributed by atoms with Gasteiger partial charge in [-0.3, -0.25) is 9.59 Å². The van der Waals surface area contributed by atoms with Gasteiger partial charge in [0, 0.05) is 18.8 Å². The van der Waals surface area contributed by atoms with Crippen LogP contribution < -0.4 is 10.6 Å². The molecule has 1 fully saturated rings. The molecule has 0 spiro atoms. The molecule has 0 bridgehead atoms. The molecule has 2 heterocycles. The van der Waals surface area contributed by atoms with Crippen LogP contribution in [-0.4, -0.2) is 53.1 Å². The van der Waals surface area contributed by atoms with E-state index in [9.17, 15) is 9.59 Å². The molecule has 132 valence electrons. The Balaban J connectivity index is 1.48. The zero-order valence-corrected chi connectivity index (χ0v) is 14.7. The van der Waals surface area contributed by atoms with Crippen LogP contribution in [0.3, 0.4) is 0 Å². The van der Waals surface area contributed by atoms with E-state index in [2.05, 4.69) is 25.7 Å². The van der Waals surface area contributed by atoms with Crippen LogP contribution in [0.4, 0.5) is 5.69 Å². The fourth-order valence-corrected chi connectivity index (χ4v) is 3.35. The molecule has 0 atom stereocenters. The van der Waals surface area contributed by atoms with Crippen LogP contribution in [-0.2, 0) is 0 Å². The fraction of sp³-hybridized carbons (Fsp3) is 0.412. The highest BCUT2D eigenvalue weighted by Gasteiger charge is 2.18. The van der Waals surface area contributed by atoms with E-state index in [1.807, 2.05) is 18.2 Å². The summed E-state index contributed by atoms with van der Waals surface area (Å²) in [6, 6.07) is 9.10. The second-order valence-electron chi connectivity index (χ2n) is 5.89. The smallest absolute Gasteiger partial charge is 0.286 e. The lowest BCUT2D eigenvalue weighted by molar-refractivity contribution is 0.0944. The van der Waals surface area contributed by atoms with Crippen molar-refractivity contribution in [3.8, 4) is 0 Å². The monoisotopic (exact) mass is 359 g/mol. The molecule has 3 rings (SSSR count). The normalized spacial score (nSPS) is 14.9. The van der Waals surface area contributed by atoms with Gasteiger partial charge in [0.1, 0.15) is 0 Å². The third-order valence-electron chi connectivity index (χ3n) is 4.01. The fourth-order valence-electron chi connectivity index (χ4n) is 2.70.